The number of nitrogens with zero attached hydrogens (tertiary/aromatic N) is 1. The van der Waals surface area contributed by atoms with E-state index in [0.717, 1.165) is 24.3 Å². The van der Waals surface area contributed by atoms with Crippen molar-refractivity contribution < 1.29 is 5.11 Å². The molecule has 2 nitrogen and oxygen atoms in total. The molecule has 1 saturated heterocycles. The molecule has 1 heterocycles. The fourth-order valence-corrected chi connectivity index (χ4v) is 1.96. The molecule has 2 rings (SSSR count). The first-order chi connectivity index (χ1) is 6.68. The summed E-state index contributed by atoms with van der Waals surface area (Å²) in [4.78, 5) is 2.28. The molecule has 0 saturated carbocycles. The summed E-state index contributed by atoms with van der Waals surface area (Å²) in [7, 11) is 0. The van der Waals surface area contributed by atoms with Gasteiger partial charge >= 0.3 is 0 Å². The molecular formula is C11H14ClNO. The van der Waals surface area contributed by atoms with E-state index in [2.05, 4.69) is 4.90 Å². The van der Waals surface area contributed by atoms with Gasteiger partial charge in [0.25, 0.3) is 0 Å². The van der Waals surface area contributed by atoms with Crippen LogP contribution in [0.5, 0.6) is 0 Å². The second kappa shape index (κ2) is 3.79. The van der Waals surface area contributed by atoms with Crippen molar-refractivity contribution in [2.24, 2.45) is 0 Å². The molecule has 3 heteroatoms. The SMILES string of the molecule is C[C@@H](O)c1ccc(N2CCC2)cc1Cl. The average molecular weight is 212 g/mol. The van der Waals surface area contributed by atoms with Gasteiger partial charge in [0.2, 0.25) is 0 Å². The van der Waals surface area contributed by atoms with Crippen molar-refractivity contribution in [3.8, 4) is 0 Å². The van der Waals surface area contributed by atoms with Crippen molar-refractivity contribution in [1.29, 1.82) is 0 Å². The fraction of sp³-hybridized carbons (Fsp3) is 0.455. The highest BCUT2D eigenvalue weighted by molar-refractivity contribution is 6.31. The van der Waals surface area contributed by atoms with Crippen molar-refractivity contribution in [3.05, 3.63) is 28.8 Å². The highest BCUT2D eigenvalue weighted by Gasteiger charge is 2.16. The first kappa shape index (κ1) is 9.81. The molecule has 0 amide bonds. The Labute approximate surface area is 89.1 Å². The number of hydrogen-bond donors (Lipinski definition) is 1. The zero-order chi connectivity index (χ0) is 10.1. The Morgan fingerprint density at radius 1 is 1.43 bits per heavy atom. The van der Waals surface area contributed by atoms with Crippen LogP contribution in [0.1, 0.15) is 25.0 Å². The Morgan fingerprint density at radius 2 is 2.14 bits per heavy atom. The van der Waals surface area contributed by atoms with Gasteiger partial charge in [0, 0.05) is 23.8 Å². The monoisotopic (exact) mass is 211 g/mol. The first-order valence-electron chi connectivity index (χ1n) is 4.91. The van der Waals surface area contributed by atoms with Gasteiger partial charge in [-0.15, -0.1) is 0 Å². The largest absolute Gasteiger partial charge is 0.389 e. The molecule has 0 aliphatic carbocycles. The van der Waals surface area contributed by atoms with E-state index in [1.165, 1.54) is 6.42 Å². The predicted molar refractivity (Wildman–Crippen MR) is 58.9 cm³/mol. The van der Waals surface area contributed by atoms with Crippen LogP contribution in [0, 0.1) is 0 Å². The molecule has 1 aliphatic heterocycles. The van der Waals surface area contributed by atoms with Crippen molar-refractivity contribution in [2.45, 2.75) is 19.4 Å². The molecule has 1 aromatic rings. The molecular weight excluding hydrogens is 198 g/mol. The van der Waals surface area contributed by atoms with E-state index in [0.29, 0.717) is 5.02 Å². The molecule has 1 atom stereocenters. The maximum atomic E-state index is 9.41. The minimum atomic E-state index is -0.493. The third-order valence-corrected chi connectivity index (χ3v) is 2.98. The summed E-state index contributed by atoms with van der Waals surface area (Å²) in [5.41, 5.74) is 1.96. The number of halogens is 1. The summed E-state index contributed by atoms with van der Waals surface area (Å²) < 4.78 is 0. The van der Waals surface area contributed by atoms with Crippen LogP contribution in [0.4, 0.5) is 5.69 Å². The standard InChI is InChI=1S/C11H14ClNO/c1-8(14)10-4-3-9(7-11(10)12)13-5-2-6-13/h3-4,7-8,14H,2,5-6H2,1H3/t8-/m1/s1. The molecule has 1 N–H and O–H groups in total. The Balaban J connectivity index is 2.25. The van der Waals surface area contributed by atoms with Gasteiger partial charge in [0.15, 0.2) is 0 Å². The van der Waals surface area contributed by atoms with Crippen LogP contribution in [0.3, 0.4) is 0 Å². The third kappa shape index (κ3) is 1.72. The zero-order valence-corrected chi connectivity index (χ0v) is 8.96. The van der Waals surface area contributed by atoms with Gasteiger partial charge < -0.3 is 10.0 Å². The lowest BCUT2D eigenvalue weighted by Gasteiger charge is -2.33. The quantitative estimate of drug-likeness (QED) is 0.813. The molecule has 1 fully saturated rings. The Morgan fingerprint density at radius 3 is 2.57 bits per heavy atom. The summed E-state index contributed by atoms with van der Waals surface area (Å²) in [6.45, 7) is 3.96. The van der Waals surface area contributed by atoms with Gasteiger partial charge in [-0.1, -0.05) is 17.7 Å². The van der Waals surface area contributed by atoms with E-state index in [1.54, 1.807) is 6.92 Å². The summed E-state index contributed by atoms with van der Waals surface area (Å²) in [5, 5.41) is 10.1. The van der Waals surface area contributed by atoms with Gasteiger partial charge in [-0.3, -0.25) is 0 Å². The highest BCUT2D eigenvalue weighted by Crippen LogP contribution is 2.29. The third-order valence-electron chi connectivity index (χ3n) is 2.66. The Hall–Kier alpha value is -0.730. The highest BCUT2D eigenvalue weighted by atomic mass is 35.5. The molecule has 0 aromatic heterocycles. The van der Waals surface area contributed by atoms with Crippen molar-refractivity contribution in [3.63, 3.8) is 0 Å². The van der Waals surface area contributed by atoms with Crippen LogP contribution in [-0.2, 0) is 0 Å². The number of rotatable bonds is 2. The molecule has 14 heavy (non-hydrogen) atoms. The van der Waals surface area contributed by atoms with Crippen molar-refractivity contribution in [2.75, 3.05) is 18.0 Å². The second-order valence-corrected chi connectivity index (χ2v) is 4.13. The van der Waals surface area contributed by atoms with Crippen LogP contribution in [0.25, 0.3) is 0 Å². The van der Waals surface area contributed by atoms with E-state index in [9.17, 15) is 5.11 Å². The van der Waals surface area contributed by atoms with E-state index in [-0.39, 0.29) is 0 Å². The lowest BCUT2D eigenvalue weighted by atomic mass is 10.1. The van der Waals surface area contributed by atoms with Gasteiger partial charge in [-0.25, -0.2) is 0 Å². The number of benzene rings is 1. The summed E-state index contributed by atoms with van der Waals surface area (Å²) in [6.07, 6.45) is 0.767. The van der Waals surface area contributed by atoms with Gasteiger partial charge in [-0.2, -0.15) is 0 Å². The van der Waals surface area contributed by atoms with Gasteiger partial charge in [0.05, 0.1) is 6.10 Å². The summed E-state index contributed by atoms with van der Waals surface area (Å²) in [5.74, 6) is 0. The van der Waals surface area contributed by atoms with Gasteiger partial charge in [-0.05, 0) is 31.0 Å². The lowest BCUT2D eigenvalue weighted by Crippen LogP contribution is -2.36. The molecule has 0 spiro atoms. The van der Waals surface area contributed by atoms with E-state index in [1.807, 2.05) is 18.2 Å². The normalized spacial score (nSPS) is 17.8. The maximum absolute atomic E-state index is 9.41. The van der Waals surface area contributed by atoms with Crippen LogP contribution < -0.4 is 4.90 Å². The molecule has 0 unspecified atom stereocenters. The number of aliphatic hydroxyl groups excluding tert-OH is 1. The van der Waals surface area contributed by atoms with E-state index in [4.69, 9.17) is 11.6 Å². The van der Waals surface area contributed by atoms with Crippen LogP contribution in [0.15, 0.2) is 18.2 Å². The number of aliphatic hydroxyl groups is 1. The van der Waals surface area contributed by atoms with Crippen molar-refractivity contribution in [1.82, 2.24) is 0 Å². The van der Waals surface area contributed by atoms with E-state index < -0.39 is 6.10 Å². The molecule has 1 aromatic carbocycles. The maximum Gasteiger partial charge on any atom is 0.0776 e. The van der Waals surface area contributed by atoms with Gasteiger partial charge in [0.1, 0.15) is 0 Å². The fourth-order valence-electron chi connectivity index (χ4n) is 1.63. The van der Waals surface area contributed by atoms with E-state index >= 15 is 0 Å². The zero-order valence-electron chi connectivity index (χ0n) is 8.20. The molecule has 76 valence electrons. The minimum Gasteiger partial charge on any atom is -0.389 e. The first-order valence-corrected chi connectivity index (χ1v) is 5.29. The smallest absolute Gasteiger partial charge is 0.0776 e. The number of hydrogen-bond acceptors (Lipinski definition) is 2. The Kier molecular flexibility index (Phi) is 2.66. The Bertz CT molecular complexity index is 334. The van der Waals surface area contributed by atoms with Crippen molar-refractivity contribution >= 4 is 17.3 Å². The van der Waals surface area contributed by atoms with Crippen LogP contribution >= 0.6 is 11.6 Å². The molecule has 1 aliphatic rings. The summed E-state index contributed by atoms with van der Waals surface area (Å²) >= 11 is 6.06. The van der Waals surface area contributed by atoms with Crippen LogP contribution in [0.2, 0.25) is 5.02 Å². The second-order valence-electron chi connectivity index (χ2n) is 3.72. The topological polar surface area (TPSA) is 23.5 Å². The summed E-state index contributed by atoms with van der Waals surface area (Å²) in [6, 6.07) is 5.86. The predicted octanol–water partition coefficient (Wildman–Crippen LogP) is 2.60. The number of anilines is 1. The average Bonchev–Trinajstić information content (AvgIpc) is 2.00. The molecule has 0 radical (unpaired) electrons. The van der Waals surface area contributed by atoms with Crippen LogP contribution in [-0.4, -0.2) is 18.2 Å². The lowest BCUT2D eigenvalue weighted by molar-refractivity contribution is 0.199. The molecule has 0 bridgehead atoms. The minimum absolute atomic E-state index is 0.493.